The Morgan fingerprint density at radius 2 is 1.81 bits per heavy atom. The summed E-state index contributed by atoms with van der Waals surface area (Å²) in [5, 5.41) is 9.28. The number of benzene rings is 2. The fraction of sp³-hybridized carbons (Fsp3) is 0.278. The Labute approximate surface area is 125 Å². The van der Waals surface area contributed by atoms with Crippen LogP contribution in [0.3, 0.4) is 0 Å². The van der Waals surface area contributed by atoms with Crippen LogP contribution >= 0.6 is 0 Å². The van der Waals surface area contributed by atoms with Crippen molar-refractivity contribution < 1.29 is 5.11 Å². The summed E-state index contributed by atoms with van der Waals surface area (Å²) in [5.41, 5.74) is 4.52. The van der Waals surface area contributed by atoms with Gasteiger partial charge in [0.2, 0.25) is 0 Å². The maximum absolute atomic E-state index is 9.28. The highest BCUT2D eigenvalue weighted by Gasteiger charge is 2.23. The Morgan fingerprint density at radius 1 is 1.10 bits per heavy atom. The smallest absolute Gasteiger partial charge is 0.0740 e. The van der Waals surface area contributed by atoms with E-state index < -0.39 is 0 Å². The van der Waals surface area contributed by atoms with Gasteiger partial charge in [0, 0.05) is 30.5 Å². The van der Waals surface area contributed by atoms with E-state index in [4.69, 9.17) is 4.99 Å². The van der Waals surface area contributed by atoms with Gasteiger partial charge in [0.1, 0.15) is 0 Å². The lowest BCUT2D eigenvalue weighted by Gasteiger charge is -2.28. The fourth-order valence-corrected chi connectivity index (χ4v) is 2.86. The highest BCUT2D eigenvalue weighted by molar-refractivity contribution is 6.16. The Morgan fingerprint density at radius 3 is 2.57 bits per heavy atom. The van der Waals surface area contributed by atoms with Crippen LogP contribution < -0.4 is 4.90 Å². The van der Waals surface area contributed by atoms with Crippen LogP contribution in [0.15, 0.2) is 59.6 Å². The van der Waals surface area contributed by atoms with E-state index in [2.05, 4.69) is 48.3 Å². The van der Waals surface area contributed by atoms with Crippen molar-refractivity contribution in [2.24, 2.45) is 4.99 Å². The van der Waals surface area contributed by atoms with Gasteiger partial charge in [-0.05, 0) is 12.5 Å². The molecule has 21 heavy (non-hydrogen) atoms. The molecule has 1 atom stereocenters. The minimum Gasteiger partial charge on any atom is -0.396 e. The van der Waals surface area contributed by atoms with E-state index in [0.717, 1.165) is 23.3 Å². The van der Waals surface area contributed by atoms with Gasteiger partial charge in [-0.1, -0.05) is 48.5 Å². The maximum Gasteiger partial charge on any atom is 0.0740 e. The number of para-hydroxylation sites is 1. The summed E-state index contributed by atoms with van der Waals surface area (Å²) in [6, 6.07) is 18.9. The molecule has 1 aliphatic rings. The number of aliphatic hydroxyl groups is 1. The first-order valence-electron chi connectivity index (χ1n) is 7.34. The number of hydrogen-bond donors (Lipinski definition) is 1. The number of nitrogens with zero attached hydrogens (tertiary/aromatic N) is 2. The standard InChI is InChI=1S/C18H20N2O/c1-20-15(11-12-21)13-19-18(14-7-3-2-4-8-14)16-9-5-6-10-17(16)20/h2-10,15,21H,11-13H2,1H3. The summed E-state index contributed by atoms with van der Waals surface area (Å²) in [6.45, 7) is 0.892. The van der Waals surface area contributed by atoms with Crippen molar-refractivity contribution in [3.8, 4) is 0 Å². The van der Waals surface area contributed by atoms with Crippen molar-refractivity contribution in [1.29, 1.82) is 0 Å². The molecule has 0 saturated carbocycles. The Hall–Kier alpha value is -2.13. The molecule has 1 N–H and O–H groups in total. The highest BCUT2D eigenvalue weighted by atomic mass is 16.3. The minimum atomic E-state index is 0.188. The number of rotatable bonds is 3. The van der Waals surface area contributed by atoms with Crippen LogP contribution in [0.2, 0.25) is 0 Å². The van der Waals surface area contributed by atoms with Crippen molar-refractivity contribution in [1.82, 2.24) is 0 Å². The molecule has 0 aliphatic carbocycles. The molecule has 0 bridgehead atoms. The van der Waals surface area contributed by atoms with E-state index in [9.17, 15) is 5.11 Å². The molecule has 1 aliphatic heterocycles. The second-order valence-electron chi connectivity index (χ2n) is 5.35. The molecule has 0 fully saturated rings. The van der Waals surface area contributed by atoms with Gasteiger partial charge in [-0.2, -0.15) is 0 Å². The van der Waals surface area contributed by atoms with E-state index >= 15 is 0 Å². The predicted octanol–water partition coefficient (Wildman–Crippen LogP) is 2.72. The van der Waals surface area contributed by atoms with E-state index in [1.165, 1.54) is 5.69 Å². The minimum absolute atomic E-state index is 0.188. The lowest BCUT2D eigenvalue weighted by Crippen LogP contribution is -2.34. The summed E-state index contributed by atoms with van der Waals surface area (Å²) in [4.78, 5) is 7.09. The number of fused-ring (bicyclic) bond motifs is 1. The van der Waals surface area contributed by atoms with Crippen LogP contribution in [0.5, 0.6) is 0 Å². The summed E-state index contributed by atoms with van der Waals surface area (Å²) >= 11 is 0. The number of aliphatic hydroxyl groups excluding tert-OH is 1. The van der Waals surface area contributed by atoms with E-state index in [1.807, 2.05) is 18.2 Å². The molecular formula is C18H20N2O. The van der Waals surface area contributed by atoms with Crippen molar-refractivity contribution in [3.05, 3.63) is 65.7 Å². The van der Waals surface area contributed by atoms with Crippen LogP contribution in [0.25, 0.3) is 0 Å². The number of likely N-dealkylation sites (N-methyl/N-ethyl adjacent to an activating group) is 1. The molecule has 0 amide bonds. The molecule has 3 heteroatoms. The van der Waals surface area contributed by atoms with Gasteiger partial charge in [-0.25, -0.2) is 0 Å². The van der Waals surface area contributed by atoms with Crippen molar-refractivity contribution in [2.45, 2.75) is 12.5 Å². The van der Waals surface area contributed by atoms with Gasteiger partial charge in [-0.3, -0.25) is 4.99 Å². The van der Waals surface area contributed by atoms with Gasteiger partial charge in [0.25, 0.3) is 0 Å². The summed E-state index contributed by atoms with van der Waals surface area (Å²) in [7, 11) is 2.09. The molecule has 0 spiro atoms. The molecule has 108 valence electrons. The van der Waals surface area contributed by atoms with Crippen molar-refractivity contribution in [3.63, 3.8) is 0 Å². The Kier molecular flexibility index (Phi) is 4.02. The van der Waals surface area contributed by atoms with Crippen molar-refractivity contribution in [2.75, 3.05) is 25.1 Å². The quantitative estimate of drug-likeness (QED) is 0.938. The molecule has 3 rings (SSSR count). The van der Waals surface area contributed by atoms with E-state index in [0.29, 0.717) is 6.54 Å². The fourth-order valence-electron chi connectivity index (χ4n) is 2.86. The number of hydrogen-bond acceptors (Lipinski definition) is 3. The molecule has 1 heterocycles. The molecule has 0 radical (unpaired) electrons. The molecule has 0 aromatic heterocycles. The number of benzodiazepines with no additional fused rings is 1. The third-order valence-corrected chi connectivity index (χ3v) is 4.06. The topological polar surface area (TPSA) is 35.8 Å². The molecular weight excluding hydrogens is 260 g/mol. The van der Waals surface area contributed by atoms with Crippen LogP contribution in [0.1, 0.15) is 17.5 Å². The number of aliphatic imine (C=N–C) groups is 1. The van der Waals surface area contributed by atoms with Gasteiger partial charge >= 0.3 is 0 Å². The van der Waals surface area contributed by atoms with Gasteiger partial charge in [0.15, 0.2) is 0 Å². The maximum atomic E-state index is 9.28. The summed E-state index contributed by atoms with van der Waals surface area (Å²) in [5.74, 6) is 0. The van der Waals surface area contributed by atoms with Crippen molar-refractivity contribution >= 4 is 11.4 Å². The van der Waals surface area contributed by atoms with E-state index in [-0.39, 0.29) is 12.6 Å². The first kappa shape index (κ1) is 13.8. The second-order valence-corrected chi connectivity index (χ2v) is 5.35. The average molecular weight is 280 g/mol. The SMILES string of the molecule is CN1c2ccccc2C(c2ccccc2)=NCC1CCO. The predicted molar refractivity (Wildman–Crippen MR) is 87.3 cm³/mol. The monoisotopic (exact) mass is 280 g/mol. The second kappa shape index (κ2) is 6.10. The lowest BCUT2D eigenvalue weighted by atomic mass is 10.0. The van der Waals surface area contributed by atoms with Crippen LogP contribution in [-0.4, -0.2) is 37.1 Å². The van der Waals surface area contributed by atoms with Crippen LogP contribution in [0, 0.1) is 0 Å². The summed E-state index contributed by atoms with van der Waals surface area (Å²) < 4.78 is 0. The number of anilines is 1. The zero-order chi connectivity index (χ0) is 14.7. The first-order chi connectivity index (χ1) is 10.3. The van der Waals surface area contributed by atoms with E-state index in [1.54, 1.807) is 0 Å². The third kappa shape index (κ3) is 2.69. The van der Waals surface area contributed by atoms with Crippen LogP contribution in [0.4, 0.5) is 5.69 Å². The van der Waals surface area contributed by atoms with Crippen LogP contribution in [-0.2, 0) is 0 Å². The Bertz CT molecular complexity index is 637. The molecule has 0 saturated heterocycles. The lowest BCUT2D eigenvalue weighted by molar-refractivity contribution is 0.275. The summed E-state index contributed by atoms with van der Waals surface area (Å²) in [6.07, 6.45) is 0.733. The average Bonchev–Trinajstić information content (AvgIpc) is 2.67. The largest absolute Gasteiger partial charge is 0.396 e. The molecule has 2 aromatic rings. The third-order valence-electron chi connectivity index (χ3n) is 4.06. The zero-order valence-electron chi connectivity index (χ0n) is 12.2. The molecule has 2 aromatic carbocycles. The normalized spacial score (nSPS) is 17.9. The first-order valence-corrected chi connectivity index (χ1v) is 7.34. The zero-order valence-corrected chi connectivity index (χ0v) is 12.2. The highest BCUT2D eigenvalue weighted by Crippen LogP contribution is 2.28. The van der Waals surface area contributed by atoms with Gasteiger partial charge in [0.05, 0.1) is 18.3 Å². The Balaban J connectivity index is 2.10. The molecule has 1 unspecified atom stereocenters. The van der Waals surface area contributed by atoms with Gasteiger partial charge < -0.3 is 10.0 Å². The van der Waals surface area contributed by atoms with Gasteiger partial charge in [-0.15, -0.1) is 0 Å². The molecule has 3 nitrogen and oxygen atoms in total.